The molecular formula is C27H47NO4. The summed E-state index contributed by atoms with van der Waals surface area (Å²) in [5.41, 5.74) is 0.455. The van der Waals surface area contributed by atoms with Crippen LogP contribution in [-0.4, -0.2) is 41.7 Å². The molecular weight excluding hydrogens is 402 g/mol. The van der Waals surface area contributed by atoms with Gasteiger partial charge in [0.2, 0.25) is 0 Å². The quantitative estimate of drug-likeness (QED) is 0.309. The van der Waals surface area contributed by atoms with E-state index in [2.05, 4.69) is 20.8 Å². The van der Waals surface area contributed by atoms with Gasteiger partial charge in [0.15, 0.2) is 0 Å². The van der Waals surface area contributed by atoms with Crippen LogP contribution in [0.25, 0.3) is 0 Å². The van der Waals surface area contributed by atoms with Crippen molar-refractivity contribution >= 4 is 12.2 Å². The largest absolute Gasteiger partial charge is 0.469 e. The van der Waals surface area contributed by atoms with E-state index in [4.69, 9.17) is 10.1 Å². The molecule has 0 aromatic heterocycles. The molecule has 3 fully saturated rings. The molecule has 3 aliphatic carbocycles. The molecule has 4 unspecified atom stereocenters. The van der Waals surface area contributed by atoms with E-state index in [9.17, 15) is 15.0 Å². The van der Waals surface area contributed by atoms with Crippen LogP contribution in [-0.2, 0) is 9.53 Å². The number of nitrogens with one attached hydrogen (secondary N) is 1. The van der Waals surface area contributed by atoms with Gasteiger partial charge in [-0.05, 0) is 111 Å². The number of carbonyl (C=O) groups excluding carboxylic acids is 1. The van der Waals surface area contributed by atoms with Crippen LogP contribution >= 0.6 is 0 Å². The van der Waals surface area contributed by atoms with Gasteiger partial charge < -0.3 is 20.4 Å². The summed E-state index contributed by atoms with van der Waals surface area (Å²) in [4.78, 5) is 11.7. The maximum atomic E-state index is 11.7. The Morgan fingerprint density at radius 3 is 2.59 bits per heavy atom. The van der Waals surface area contributed by atoms with Gasteiger partial charge in [0.1, 0.15) is 0 Å². The van der Waals surface area contributed by atoms with E-state index in [1.807, 2.05) is 0 Å². The highest BCUT2D eigenvalue weighted by Gasteiger charge is 2.61. The van der Waals surface area contributed by atoms with Crippen molar-refractivity contribution in [2.45, 2.75) is 110 Å². The lowest BCUT2D eigenvalue weighted by atomic mass is 9.46. The van der Waals surface area contributed by atoms with Crippen molar-refractivity contribution in [3.05, 3.63) is 0 Å². The Balaban J connectivity index is 1.77. The van der Waals surface area contributed by atoms with Gasteiger partial charge in [0.05, 0.1) is 19.3 Å². The number of fused-ring (bicyclic) bond motifs is 3. The summed E-state index contributed by atoms with van der Waals surface area (Å²) in [6.45, 7) is 7.07. The third kappa shape index (κ3) is 4.80. The van der Waals surface area contributed by atoms with Crippen molar-refractivity contribution < 1.29 is 19.7 Å². The predicted molar refractivity (Wildman–Crippen MR) is 128 cm³/mol. The molecule has 0 heterocycles. The first-order chi connectivity index (χ1) is 15.2. The molecule has 3 rings (SSSR count). The van der Waals surface area contributed by atoms with Gasteiger partial charge in [-0.2, -0.15) is 0 Å². The Kier molecular flexibility index (Phi) is 8.46. The molecule has 32 heavy (non-hydrogen) atoms. The average molecular weight is 450 g/mol. The third-order valence-electron chi connectivity index (χ3n) is 10.3. The maximum absolute atomic E-state index is 11.7. The highest BCUT2D eigenvalue weighted by atomic mass is 16.5. The summed E-state index contributed by atoms with van der Waals surface area (Å²) >= 11 is 0. The number of esters is 1. The Morgan fingerprint density at radius 2 is 1.94 bits per heavy atom. The van der Waals surface area contributed by atoms with E-state index in [1.165, 1.54) is 39.0 Å². The van der Waals surface area contributed by atoms with Crippen LogP contribution in [0.1, 0.15) is 97.8 Å². The van der Waals surface area contributed by atoms with Gasteiger partial charge in [0, 0.05) is 12.8 Å². The minimum atomic E-state index is -0.417. The number of hydrogen-bond acceptors (Lipinski definition) is 5. The molecule has 0 bridgehead atoms. The number of aliphatic hydroxyl groups excluding tert-OH is 2. The second-order valence-electron chi connectivity index (χ2n) is 11.6. The van der Waals surface area contributed by atoms with Gasteiger partial charge in [-0.15, -0.1) is 0 Å². The Hall–Kier alpha value is -0.940. The van der Waals surface area contributed by atoms with Gasteiger partial charge in [0.25, 0.3) is 0 Å². The monoisotopic (exact) mass is 449 g/mol. The van der Waals surface area contributed by atoms with Crippen molar-refractivity contribution in [1.29, 1.82) is 5.41 Å². The van der Waals surface area contributed by atoms with Crippen molar-refractivity contribution in [2.24, 2.45) is 40.4 Å². The van der Waals surface area contributed by atoms with Crippen LogP contribution < -0.4 is 0 Å². The van der Waals surface area contributed by atoms with E-state index in [-0.39, 0.29) is 22.9 Å². The van der Waals surface area contributed by atoms with E-state index in [0.717, 1.165) is 38.5 Å². The molecule has 0 aliphatic heterocycles. The zero-order valence-corrected chi connectivity index (χ0v) is 20.8. The first-order valence-electron chi connectivity index (χ1n) is 13.1. The van der Waals surface area contributed by atoms with E-state index in [1.54, 1.807) is 0 Å². The summed E-state index contributed by atoms with van der Waals surface area (Å²) in [5.74, 6) is 2.46. The fourth-order valence-corrected chi connectivity index (χ4v) is 8.52. The molecule has 0 saturated heterocycles. The maximum Gasteiger partial charge on any atom is 0.305 e. The van der Waals surface area contributed by atoms with Gasteiger partial charge >= 0.3 is 5.97 Å². The first kappa shape index (κ1) is 25.7. The summed E-state index contributed by atoms with van der Waals surface area (Å²) in [6, 6.07) is 0. The SMILES string of the molecule is CC[C@]12CCC3C(C(O)CC[C@]3(C)CC[C@@H](O)CC=N)C1CC[C@@H]2[C@H](C)CCC(=O)OC. The fourth-order valence-electron chi connectivity index (χ4n) is 8.52. The van der Waals surface area contributed by atoms with E-state index in [0.29, 0.717) is 42.4 Å². The zero-order chi connectivity index (χ0) is 23.5. The molecule has 5 heteroatoms. The molecule has 0 spiro atoms. The molecule has 0 aromatic rings. The van der Waals surface area contributed by atoms with Crippen LogP contribution in [0, 0.1) is 45.8 Å². The molecule has 184 valence electrons. The zero-order valence-electron chi connectivity index (χ0n) is 20.8. The minimum absolute atomic E-state index is 0.107. The van der Waals surface area contributed by atoms with Gasteiger partial charge in [-0.1, -0.05) is 20.8 Å². The van der Waals surface area contributed by atoms with Crippen LogP contribution in [0.15, 0.2) is 0 Å². The molecule has 3 saturated carbocycles. The molecule has 0 amide bonds. The van der Waals surface area contributed by atoms with E-state index < -0.39 is 6.10 Å². The summed E-state index contributed by atoms with van der Waals surface area (Å²) in [7, 11) is 1.47. The molecule has 5 nitrogen and oxygen atoms in total. The predicted octanol–water partition coefficient (Wildman–Crippen LogP) is 5.37. The van der Waals surface area contributed by atoms with Crippen molar-refractivity contribution in [1.82, 2.24) is 0 Å². The van der Waals surface area contributed by atoms with Crippen LogP contribution in [0.4, 0.5) is 0 Å². The highest BCUT2D eigenvalue weighted by molar-refractivity contribution is 5.69. The lowest BCUT2D eigenvalue weighted by Crippen LogP contribution is -2.55. The minimum Gasteiger partial charge on any atom is -0.469 e. The smallest absolute Gasteiger partial charge is 0.305 e. The summed E-state index contributed by atoms with van der Waals surface area (Å²) < 4.78 is 4.88. The van der Waals surface area contributed by atoms with Crippen molar-refractivity contribution in [3.8, 4) is 0 Å². The number of methoxy groups -OCH3 is 1. The summed E-state index contributed by atoms with van der Waals surface area (Å²) in [5, 5.41) is 28.8. The molecule has 3 N–H and O–H groups in total. The second kappa shape index (κ2) is 10.5. The normalized spacial score (nSPS) is 40.8. The highest BCUT2D eigenvalue weighted by Crippen LogP contribution is 2.67. The average Bonchev–Trinajstić information content (AvgIpc) is 3.18. The Bertz CT molecular complexity index is 654. The van der Waals surface area contributed by atoms with Crippen molar-refractivity contribution in [2.75, 3.05) is 7.11 Å². The fraction of sp³-hybridized carbons (Fsp3) is 0.926. The topological polar surface area (TPSA) is 90.6 Å². The van der Waals surface area contributed by atoms with Crippen LogP contribution in [0.3, 0.4) is 0 Å². The lowest BCUT2D eigenvalue weighted by molar-refractivity contribution is -0.143. The number of hydrogen-bond donors (Lipinski definition) is 3. The van der Waals surface area contributed by atoms with E-state index >= 15 is 0 Å². The third-order valence-corrected chi connectivity index (χ3v) is 10.3. The van der Waals surface area contributed by atoms with Gasteiger partial charge in [-0.3, -0.25) is 4.79 Å². The number of ether oxygens (including phenoxy) is 1. The first-order valence-corrected chi connectivity index (χ1v) is 13.1. The van der Waals surface area contributed by atoms with Crippen LogP contribution in [0.2, 0.25) is 0 Å². The molecule has 9 atom stereocenters. The number of aliphatic hydroxyl groups is 2. The van der Waals surface area contributed by atoms with Crippen LogP contribution in [0.5, 0.6) is 0 Å². The molecule has 3 aliphatic rings. The lowest BCUT2D eigenvalue weighted by Gasteiger charge is -2.59. The summed E-state index contributed by atoms with van der Waals surface area (Å²) in [6.07, 6.45) is 12.2. The van der Waals surface area contributed by atoms with Gasteiger partial charge in [-0.25, -0.2) is 0 Å². The number of rotatable bonds is 10. The molecule has 0 radical (unpaired) electrons. The molecule has 0 aromatic carbocycles. The second-order valence-corrected chi connectivity index (χ2v) is 11.6. The Morgan fingerprint density at radius 1 is 1.19 bits per heavy atom. The van der Waals surface area contributed by atoms with Crippen molar-refractivity contribution in [3.63, 3.8) is 0 Å². The standard InChI is InChI=1S/C27H47NO4/c1-5-27-16-11-21-25(22(27)8-7-20(27)18(2)6-9-24(31)32-4)23(30)12-15-26(21,3)14-10-19(29)13-17-28/h17-23,25,28-30H,5-16H2,1-4H3/t18-,19-,20-,21?,22?,23?,25?,26+,27-/m1/s1. The Labute approximate surface area is 195 Å². The number of carbonyl (C=O) groups is 1.